The first-order valence-corrected chi connectivity index (χ1v) is 16.8. The van der Waals surface area contributed by atoms with E-state index in [4.69, 9.17) is 11.6 Å². The van der Waals surface area contributed by atoms with Gasteiger partial charge in [0.2, 0.25) is 11.8 Å². The molecule has 2 aromatic carbocycles. The molecule has 3 aromatic rings. The van der Waals surface area contributed by atoms with Crippen molar-refractivity contribution in [1.29, 1.82) is 0 Å². The summed E-state index contributed by atoms with van der Waals surface area (Å²) in [4.78, 5) is 52.1. The molecule has 0 unspecified atom stereocenters. The Morgan fingerprint density at radius 1 is 0.959 bits per heavy atom. The number of phenolic OH excluding ortho intramolecular Hbond substituents is 1. The molecule has 49 heavy (non-hydrogen) atoms. The average Bonchev–Trinajstić information content (AvgIpc) is 3.27. The van der Waals surface area contributed by atoms with E-state index in [2.05, 4.69) is 15.2 Å². The number of aromatic nitrogens is 1. The lowest BCUT2D eigenvalue weighted by atomic mass is 9.92. The molecule has 1 atom stereocenters. The number of rotatable bonds is 7. The number of urea groups is 1. The van der Waals surface area contributed by atoms with Crippen LogP contribution in [0, 0.1) is 5.92 Å². The number of likely N-dealkylation sites (tertiary alicyclic amines) is 1. The molecule has 14 heteroatoms. The van der Waals surface area contributed by atoms with Crippen LogP contribution in [0.15, 0.2) is 60.9 Å². The molecule has 2 saturated heterocycles. The van der Waals surface area contributed by atoms with Gasteiger partial charge >= 0.3 is 12.2 Å². The maximum absolute atomic E-state index is 14.0. The van der Waals surface area contributed by atoms with Crippen molar-refractivity contribution >= 4 is 40.8 Å². The molecule has 0 bridgehead atoms. The van der Waals surface area contributed by atoms with Crippen molar-refractivity contribution in [2.24, 2.45) is 5.92 Å². The van der Waals surface area contributed by atoms with Gasteiger partial charge in [0.15, 0.2) is 0 Å². The Kier molecular flexibility index (Phi) is 10.2. The Morgan fingerprint density at radius 3 is 2.35 bits per heavy atom. The third kappa shape index (κ3) is 7.87. The number of benzene rings is 2. The molecule has 0 radical (unpaired) electrons. The second-order valence-corrected chi connectivity index (χ2v) is 13.1. The fourth-order valence-corrected chi connectivity index (χ4v) is 7.27. The van der Waals surface area contributed by atoms with E-state index in [0.29, 0.717) is 65.1 Å². The summed E-state index contributed by atoms with van der Waals surface area (Å²) in [5.74, 6) is -2.62. The highest BCUT2D eigenvalue weighted by atomic mass is 35.5. The minimum Gasteiger partial charge on any atom is -0.506 e. The number of amides is 4. The lowest BCUT2D eigenvalue weighted by molar-refractivity contribution is -0.142. The number of pyridine rings is 1. The summed E-state index contributed by atoms with van der Waals surface area (Å²) in [6.07, 6.45) is -0.00232. The molecule has 6 rings (SSSR count). The number of piperazine rings is 1. The number of alkyl halides is 3. The van der Waals surface area contributed by atoms with E-state index in [0.717, 1.165) is 23.0 Å². The number of para-hydroxylation sites is 1. The van der Waals surface area contributed by atoms with Crippen LogP contribution in [-0.4, -0.2) is 94.5 Å². The highest BCUT2D eigenvalue weighted by Gasteiger charge is 2.37. The van der Waals surface area contributed by atoms with Crippen LogP contribution in [0.5, 0.6) is 5.75 Å². The molecule has 1 aromatic heterocycles. The van der Waals surface area contributed by atoms with Gasteiger partial charge in [0, 0.05) is 82.0 Å². The maximum Gasteiger partial charge on any atom is 0.420 e. The highest BCUT2D eigenvalue weighted by Crippen LogP contribution is 2.41. The summed E-state index contributed by atoms with van der Waals surface area (Å²) in [6.45, 7) is 3.17. The number of carbonyl (C=O) groups excluding carboxylic acids is 3. The number of phenols is 1. The van der Waals surface area contributed by atoms with Crippen LogP contribution in [0.2, 0.25) is 5.02 Å². The van der Waals surface area contributed by atoms with Crippen molar-refractivity contribution in [1.82, 2.24) is 19.7 Å². The quantitative estimate of drug-likeness (QED) is 0.341. The number of nitrogens with one attached hydrogen (secondary N) is 1. The van der Waals surface area contributed by atoms with Crippen LogP contribution in [0.4, 0.5) is 29.3 Å². The van der Waals surface area contributed by atoms with Crippen molar-refractivity contribution in [3.8, 4) is 5.75 Å². The van der Waals surface area contributed by atoms with Crippen LogP contribution in [0.3, 0.4) is 0 Å². The van der Waals surface area contributed by atoms with E-state index >= 15 is 0 Å². The Balaban J connectivity index is 1.14. The minimum absolute atomic E-state index is 0.0626. The number of halogens is 4. The monoisotopic (exact) mass is 698 g/mol. The number of nitrogens with zero attached hydrogens (tertiary/aromatic N) is 5. The number of piperidine rings is 1. The number of carbonyl (C=O) groups is 3. The normalized spacial score (nSPS) is 18.1. The molecule has 3 aliphatic heterocycles. The van der Waals surface area contributed by atoms with Crippen LogP contribution >= 0.6 is 11.6 Å². The second-order valence-electron chi connectivity index (χ2n) is 12.7. The largest absolute Gasteiger partial charge is 0.506 e. The fraction of sp³-hybridized carbons (Fsp3) is 0.429. The topological polar surface area (TPSA) is 109 Å². The Bertz CT molecular complexity index is 1680. The van der Waals surface area contributed by atoms with Crippen LogP contribution in [0.1, 0.15) is 36.0 Å². The Labute approximate surface area is 287 Å². The van der Waals surface area contributed by atoms with E-state index in [9.17, 15) is 32.7 Å². The molecule has 10 nitrogen and oxygen atoms in total. The van der Waals surface area contributed by atoms with Gasteiger partial charge < -0.3 is 30.0 Å². The van der Waals surface area contributed by atoms with Crippen molar-refractivity contribution in [2.75, 3.05) is 56.0 Å². The first-order valence-electron chi connectivity index (χ1n) is 16.4. The van der Waals surface area contributed by atoms with E-state index in [1.54, 1.807) is 22.2 Å². The van der Waals surface area contributed by atoms with Crippen LogP contribution in [-0.2, 0) is 28.6 Å². The number of fused-ring (bicyclic) bond motifs is 1. The Hall–Kier alpha value is -4.52. The number of hydrogen-bond donors (Lipinski definition) is 2. The van der Waals surface area contributed by atoms with Gasteiger partial charge in [0.05, 0.1) is 16.5 Å². The molecule has 2 N–H and O–H groups in total. The number of anilines is 2. The molecule has 260 valence electrons. The molecule has 2 fully saturated rings. The first-order chi connectivity index (χ1) is 23.5. The van der Waals surface area contributed by atoms with Gasteiger partial charge in [-0.15, -0.1) is 0 Å². The average molecular weight is 699 g/mol. The third-order valence-electron chi connectivity index (χ3n) is 9.70. The van der Waals surface area contributed by atoms with Crippen LogP contribution < -0.4 is 10.2 Å². The zero-order valence-electron chi connectivity index (χ0n) is 26.8. The van der Waals surface area contributed by atoms with Crippen molar-refractivity contribution in [3.05, 3.63) is 82.6 Å². The first kappa shape index (κ1) is 34.3. The van der Waals surface area contributed by atoms with Gasteiger partial charge in [-0.05, 0) is 67.1 Å². The predicted octanol–water partition coefficient (Wildman–Crippen LogP) is 5.44. The molecule has 0 spiro atoms. The van der Waals surface area contributed by atoms with Gasteiger partial charge in [-0.2, -0.15) is 13.2 Å². The summed E-state index contributed by atoms with van der Waals surface area (Å²) >= 11 is 6.00. The molecule has 4 amide bonds. The van der Waals surface area contributed by atoms with Crippen molar-refractivity contribution < 1.29 is 32.7 Å². The van der Waals surface area contributed by atoms with Gasteiger partial charge in [0.1, 0.15) is 5.75 Å². The van der Waals surface area contributed by atoms with E-state index in [-0.39, 0.29) is 42.3 Å². The third-order valence-corrected chi connectivity index (χ3v) is 9.99. The van der Waals surface area contributed by atoms with Gasteiger partial charge in [0.25, 0.3) is 0 Å². The summed E-state index contributed by atoms with van der Waals surface area (Å²) in [7, 11) is 0. The lowest BCUT2D eigenvalue weighted by Gasteiger charge is -2.39. The van der Waals surface area contributed by atoms with Gasteiger partial charge in [-0.3, -0.25) is 14.6 Å². The molecule has 0 saturated carbocycles. The molecular formula is C35H38ClF3N6O4. The summed E-state index contributed by atoms with van der Waals surface area (Å²) in [6, 6.07) is 13.2. The zero-order valence-corrected chi connectivity index (χ0v) is 27.6. The van der Waals surface area contributed by atoms with Crippen molar-refractivity contribution in [2.45, 2.75) is 44.3 Å². The summed E-state index contributed by atoms with van der Waals surface area (Å²) < 4.78 is 41.1. The van der Waals surface area contributed by atoms with Crippen LogP contribution in [0.25, 0.3) is 0 Å². The molecule has 4 heterocycles. The predicted molar refractivity (Wildman–Crippen MR) is 178 cm³/mol. The van der Waals surface area contributed by atoms with Gasteiger partial charge in [-0.25, -0.2) is 4.79 Å². The molecular weight excluding hydrogens is 661 g/mol. The maximum atomic E-state index is 14.0. The number of hydrogen-bond acceptors (Lipinski definition) is 6. The smallest absolute Gasteiger partial charge is 0.420 e. The van der Waals surface area contributed by atoms with E-state index in [1.165, 1.54) is 6.07 Å². The Morgan fingerprint density at radius 2 is 1.65 bits per heavy atom. The standard InChI is InChI=1S/C35H38ClF3N6O4/c36-29-21-23(20-28(32(29)47)35(37,38)39)19-25(33(48)44-17-15-42(16-18-44)26-5-10-40-11-6-26)22-31(46)43-12-8-27(9-13-43)45-14-7-24-3-1-2-4-30(24)41-34(45)49/h1-6,10-11,20-21,25,27,47H,7-9,12-19,22H2,(H,41,49)/t25-/m0/s1. The second kappa shape index (κ2) is 14.5. The van der Waals surface area contributed by atoms with Gasteiger partial charge in [-0.1, -0.05) is 29.8 Å². The fourth-order valence-electron chi connectivity index (χ4n) is 7.02. The zero-order chi connectivity index (χ0) is 34.7. The van der Waals surface area contributed by atoms with Crippen molar-refractivity contribution in [3.63, 3.8) is 0 Å². The molecule has 0 aliphatic carbocycles. The number of aromatic hydroxyl groups is 1. The summed E-state index contributed by atoms with van der Waals surface area (Å²) in [5, 5.41) is 12.5. The lowest BCUT2D eigenvalue weighted by Crippen LogP contribution is -2.52. The summed E-state index contributed by atoms with van der Waals surface area (Å²) in [5.41, 5.74) is 1.65. The minimum atomic E-state index is -4.86. The molecule has 3 aliphatic rings. The SMILES string of the molecule is O=C(C[C@H](Cc1cc(Cl)c(O)c(C(F)(F)F)c1)C(=O)N1CCN(c2ccncc2)CC1)N1CCC(N2CCc3ccccc3NC2=O)CC1. The van der Waals surface area contributed by atoms with E-state index < -0.39 is 28.4 Å². The van der Waals surface area contributed by atoms with E-state index in [1.807, 2.05) is 41.3 Å². The highest BCUT2D eigenvalue weighted by molar-refractivity contribution is 6.32.